The van der Waals surface area contributed by atoms with Crippen LogP contribution in [0.4, 0.5) is 5.95 Å². The van der Waals surface area contributed by atoms with Crippen LogP contribution in [0, 0.1) is 5.92 Å². The van der Waals surface area contributed by atoms with E-state index in [4.69, 9.17) is 16.7 Å². The van der Waals surface area contributed by atoms with Crippen molar-refractivity contribution in [1.82, 2.24) is 15.3 Å². The number of piperidine rings is 1. The summed E-state index contributed by atoms with van der Waals surface area (Å²) in [5, 5.41) is 12.1. The average molecular weight is 285 g/mol. The molecule has 1 atom stereocenters. The molecule has 6 nitrogen and oxygen atoms in total. The van der Waals surface area contributed by atoms with Crippen LogP contribution in [0.5, 0.6) is 0 Å². The quantitative estimate of drug-likeness (QED) is 0.840. The lowest BCUT2D eigenvalue weighted by molar-refractivity contribution is -0.136. The maximum atomic E-state index is 10.5. The maximum absolute atomic E-state index is 10.5. The van der Waals surface area contributed by atoms with Crippen molar-refractivity contribution in [2.45, 2.75) is 12.8 Å². The van der Waals surface area contributed by atoms with Crippen LogP contribution in [-0.2, 0) is 4.79 Å². The third kappa shape index (κ3) is 4.33. The molecule has 19 heavy (non-hydrogen) atoms. The molecule has 1 aromatic rings. The van der Waals surface area contributed by atoms with E-state index in [9.17, 15) is 4.79 Å². The minimum absolute atomic E-state index is 0.00788. The van der Waals surface area contributed by atoms with Crippen molar-refractivity contribution in [2.24, 2.45) is 5.92 Å². The molecule has 1 unspecified atom stereocenters. The van der Waals surface area contributed by atoms with Crippen LogP contribution in [0.15, 0.2) is 12.4 Å². The number of carbonyl (C=O) groups is 1. The Morgan fingerprint density at radius 3 is 2.95 bits per heavy atom. The van der Waals surface area contributed by atoms with Gasteiger partial charge in [0.1, 0.15) is 0 Å². The number of nitrogens with one attached hydrogen (secondary N) is 1. The van der Waals surface area contributed by atoms with Gasteiger partial charge in [0.25, 0.3) is 0 Å². The summed E-state index contributed by atoms with van der Waals surface area (Å²) in [5.41, 5.74) is 0. The number of carboxylic acids is 1. The molecule has 1 aromatic heterocycles. The second kappa shape index (κ2) is 6.68. The average Bonchev–Trinajstić information content (AvgIpc) is 2.39. The second-order valence-corrected chi connectivity index (χ2v) is 5.12. The molecular formula is C12H17ClN4O2. The van der Waals surface area contributed by atoms with Crippen LogP contribution in [0.1, 0.15) is 12.8 Å². The third-order valence-corrected chi connectivity index (χ3v) is 3.31. The fourth-order valence-electron chi connectivity index (χ4n) is 2.27. The molecule has 0 amide bonds. The number of halogens is 1. The molecule has 7 heteroatoms. The summed E-state index contributed by atoms with van der Waals surface area (Å²) in [5.74, 6) is 0.286. The predicted octanol–water partition coefficient (Wildman–Crippen LogP) is 1.02. The predicted molar refractivity (Wildman–Crippen MR) is 72.5 cm³/mol. The number of hydrogen-bond acceptors (Lipinski definition) is 5. The van der Waals surface area contributed by atoms with E-state index in [1.807, 2.05) is 0 Å². The van der Waals surface area contributed by atoms with Crippen LogP contribution < -0.4 is 10.2 Å². The Hall–Kier alpha value is -1.40. The lowest BCUT2D eigenvalue weighted by Crippen LogP contribution is -2.41. The Labute approximate surface area is 116 Å². The number of hydrogen-bond donors (Lipinski definition) is 2. The largest absolute Gasteiger partial charge is 0.480 e. The SMILES string of the molecule is O=C(O)CNCC1CCCN(c2ncc(Cl)cn2)C1. The number of anilines is 1. The van der Waals surface area contributed by atoms with Gasteiger partial charge in [-0.3, -0.25) is 4.79 Å². The highest BCUT2D eigenvalue weighted by atomic mass is 35.5. The third-order valence-electron chi connectivity index (χ3n) is 3.12. The summed E-state index contributed by atoms with van der Waals surface area (Å²) in [6.07, 6.45) is 5.34. The first kappa shape index (κ1) is 14.0. The molecular weight excluding hydrogens is 268 g/mol. The van der Waals surface area contributed by atoms with Crippen molar-refractivity contribution >= 4 is 23.5 Å². The van der Waals surface area contributed by atoms with Gasteiger partial charge in [-0.05, 0) is 18.8 Å². The van der Waals surface area contributed by atoms with Crippen LogP contribution in [0.2, 0.25) is 5.02 Å². The first-order chi connectivity index (χ1) is 9.15. The number of rotatable bonds is 5. The summed E-state index contributed by atoms with van der Waals surface area (Å²) in [4.78, 5) is 21.0. The Kier molecular flexibility index (Phi) is 4.93. The number of aliphatic carboxylic acids is 1. The maximum Gasteiger partial charge on any atom is 0.317 e. The van der Waals surface area contributed by atoms with E-state index in [0.717, 1.165) is 25.9 Å². The molecule has 0 spiro atoms. The Morgan fingerprint density at radius 1 is 1.53 bits per heavy atom. The van der Waals surface area contributed by atoms with E-state index in [1.54, 1.807) is 12.4 Å². The Bertz CT molecular complexity index is 426. The van der Waals surface area contributed by atoms with Gasteiger partial charge < -0.3 is 15.3 Å². The first-order valence-corrected chi connectivity index (χ1v) is 6.68. The Balaban J connectivity index is 1.86. The normalized spacial score (nSPS) is 19.4. The molecule has 0 bridgehead atoms. The highest BCUT2D eigenvalue weighted by Crippen LogP contribution is 2.20. The molecule has 0 saturated carbocycles. The Morgan fingerprint density at radius 2 is 2.26 bits per heavy atom. The molecule has 2 N–H and O–H groups in total. The van der Waals surface area contributed by atoms with Crippen LogP contribution in [0.25, 0.3) is 0 Å². The molecule has 1 fully saturated rings. The minimum atomic E-state index is -0.825. The van der Waals surface area contributed by atoms with Gasteiger partial charge in [0.2, 0.25) is 5.95 Å². The lowest BCUT2D eigenvalue weighted by atomic mass is 9.98. The van der Waals surface area contributed by atoms with Crippen molar-refractivity contribution < 1.29 is 9.90 Å². The fraction of sp³-hybridized carbons (Fsp3) is 0.583. The van der Waals surface area contributed by atoms with Gasteiger partial charge in [-0.1, -0.05) is 11.6 Å². The van der Waals surface area contributed by atoms with E-state index >= 15 is 0 Å². The van der Waals surface area contributed by atoms with E-state index in [0.29, 0.717) is 23.4 Å². The van der Waals surface area contributed by atoms with Crippen molar-refractivity contribution in [2.75, 3.05) is 31.1 Å². The van der Waals surface area contributed by atoms with Gasteiger partial charge in [0.05, 0.1) is 24.0 Å². The second-order valence-electron chi connectivity index (χ2n) is 4.68. The van der Waals surface area contributed by atoms with Crippen molar-refractivity contribution in [1.29, 1.82) is 0 Å². The zero-order valence-electron chi connectivity index (χ0n) is 10.5. The zero-order valence-corrected chi connectivity index (χ0v) is 11.3. The smallest absolute Gasteiger partial charge is 0.317 e. The molecule has 2 heterocycles. The van der Waals surface area contributed by atoms with Crippen molar-refractivity contribution in [3.63, 3.8) is 0 Å². The molecule has 104 valence electrons. The van der Waals surface area contributed by atoms with E-state index in [1.165, 1.54) is 0 Å². The van der Waals surface area contributed by atoms with Gasteiger partial charge in [0, 0.05) is 19.6 Å². The van der Waals surface area contributed by atoms with Gasteiger partial charge >= 0.3 is 5.97 Å². The number of nitrogens with zero attached hydrogens (tertiary/aromatic N) is 3. The zero-order chi connectivity index (χ0) is 13.7. The molecule has 1 aliphatic rings. The number of carboxylic acid groups (broad SMARTS) is 1. The summed E-state index contributed by atoms with van der Waals surface area (Å²) in [6, 6.07) is 0. The van der Waals surface area contributed by atoms with Gasteiger partial charge in [-0.15, -0.1) is 0 Å². The monoisotopic (exact) mass is 284 g/mol. The van der Waals surface area contributed by atoms with Crippen LogP contribution in [0.3, 0.4) is 0 Å². The number of aromatic nitrogens is 2. The van der Waals surface area contributed by atoms with Crippen molar-refractivity contribution in [3.05, 3.63) is 17.4 Å². The van der Waals surface area contributed by atoms with E-state index in [-0.39, 0.29) is 6.54 Å². The van der Waals surface area contributed by atoms with E-state index in [2.05, 4.69) is 20.2 Å². The molecule has 0 radical (unpaired) electrons. The molecule has 1 aliphatic heterocycles. The van der Waals surface area contributed by atoms with Gasteiger partial charge in [-0.2, -0.15) is 0 Å². The first-order valence-electron chi connectivity index (χ1n) is 6.30. The highest BCUT2D eigenvalue weighted by Gasteiger charge is 2.21. The minimum Gasteiger partial charge on any atom is -0.480 e. The van der Waals surface area contributed by atoms with Crippen molar-refractivity contribution in [3.8, 4) is 0 Å². The summed E-state index contributed by atoms with van der Waals surface area (Å²) in [7, 11) is 0. The lowest BCUT2D eigenvalue weighted by Gasteiger charge is -2.32. The van der Waals surface area contributed by atoms with Gasteiger partial charge in [-0.25, -0.2) is 9.97 Å². The highest BCUT2D eigenvalue weighted by molar-refractivity contribution is 6.30. The van der Waals surface area contributed by atoms with Crippen LogP contribution in [-0.4, -0.2) is 47.2 Å². The standard InChI is InChI=1S/C12H17ClN4O2/c13-10-5-15-12(16-6-10)17-3-1-2-9(8-17)4-14-7-11(18)19/h5-6,9,14H,1-4,7-8H2,(H,18,19). The molecule has 0 aliphatic carbocycles. The summed E-state index contributed by atoms with van der Waals surface area (Å²) >= 11 is 5.77. The fourth-order valence-corrected chi connectivity index (χ4v) is 2.36. The summed E-state index contributed by atoms with van der Waals surface area (Å²) < 4.78 is 0. The topological polar surface area (TPSA) is 78.4 Å². The van der Waals surface area contributed by atoms with E-state index < -0.39 is 5.97 Å². The molecule has 1 saturated heterocycles. The van der Waals surface area contributed by atoms with Crippen LogP contribution >= 0.6 is 11.6 Å². The molecule has 2 rings (SSSR count). The molecule has 0 aromatic carbocycles. The summed E-state index contributed by atoms with van der Waals surface area (Å²) in [6.45, 7) is 2.48. The van der Waals surface area contributed by atoms with Gasteiger partial charge in [0.15, 0.2) is 0 Å².